The molecule has 0 radical (unpaired) electrons. The maximum Gasteiger partial charge on any atom is 0.356 e. The second kappa shape index (κ2) is 5.59. The smallest absolute Gasteiger partial charge is 0.356 e. The maximum atomic E-state index is 10.9. The molecule has 0 fully saturated rings. The topological polar surface area (TPSA) is 75.1 Å². The summed E-state index contributed by atoms with van der Waals surface area (Å²) in [6.45, 7) is 2.59. The van der Waals surface area contributed by atoms with Gasteiger partial charge in [-0.2, -0.15) is 0 Å². The van der Waals surface area contributed by atoms with E-state index in [0.717, 1.165) is 17.1 Å². The Morgan fingerprint density at radius 1 is 1.56 bits per heavy atom. The van der Waals surface area contributed by atoms with Gasteiger partial charge in [-0.15, -0.1) is 11.3 Å². The van der Waals surface area contributed by atoms with Crippen molar-refractivity contribution in [3.05, 3.63) is 40.1 Å². The Kier molecular flexibility index (Phi) is 3.88. The van der Waals surface area contributed by atoms with Gasteiger partial charge in [-0.1, -0.05) is 0 Å². The molecule has 0 saturated heterocycles. The van der Waals surface area contributed by atoms with Gasteiger partial charge in [0.1, 0.15) is 0 Å². The van der Waals surface area contributed by atoms with Gasteiger partial charge in [-0.25, -0.2) is 14.8 Å². The molecule has 2 aromatic rings. The van der Waals surface area contributed by atoms with E-state index in [2.05, 4.69) is 15.3 Å². The Labute approximate surface area is 109 Å². The van der Waals surface area contributed by atoms with Crippen LogP contribution in [-0.4, -0.2) is 27.6 Å². The average Bonchev–Trinajstić information content (AvgIpc) is 2.75. The lowest BCUT2D eigenvalue weighted by Gasteiger charge is -2.07. The van der Waals surface area contributed by atoms with Crippen LogP contribution in [0.15, 0.2) is 23.7 Å². The van der Waals surface area contributed by atoms with Crippen molar-refractivity contribution >= 4 is 23.0 Å². The van der Waals surface area contributed by atoms with Crippen LogP contribution in [0, 0.1) is 6.92 Å². The van der Waals surface area contributed by atoms with Crippen LogP contribution in [0.4, 0.5) is 5.69 Å². The molecule has 0 bridgehead atoms. The molecule has 18 heavy (non-hydrogen) atoms. The van der Waals surface area contributed by atoms with Crippen LogP contribution in [0.1, 0.15) is 21.2 Å². The van der Waals surface area contributed by atoms with Gasteiger partial charge in [-0.05, 0) is 19.1 Å². The van der Waals surface area contributed by atoms with Gasteiger partial charge in [0.15, 0.2) is 5.69 Å². The zero-order valence-corrected chi connectivity index (χ0v) is 10.7. The van der Waals surface area contributed by atoms with Crippen LogP contribution in [0.3, 0.4) is 0 Å². The first-order valence-electron chi connectivity index (χ1n) is 5.50. The molecule has 2 aromatic heterocycles. The van der Waals surface area contributed by atoms with Gasteiger partial charge >= 0.3 is 5.97 Å². The maximum absolute atomic E-state index is 10.9. The van der Waals surface area contributed by atoms with E-state index in [0.29, 0.717) is 12.2 Å². The summed E-state index contributed by atoms with van der Waals surface area (Å²) in [6, 6.07) is 3.42. The third kappa shape index (κ3) is 3.04. The molecular formula is C12H13N3O2S. The van der Waals surface area contributed by atoms with E-state index >= 15 is 0 Å². The normalized spacial score (nSPS) is 10.3. The second-order valence-electron chi connectivity index (χ2n) is 3.76. The van der Waals surface area contributed by atoms with Crippen LogP contribution >= 0.6 is 11.3 Å². The predicted molar refractivity (Wildman–Crippen MR) is 70.2 cm³/mol. The molecule has 0 atom stereocenters. The largest absolute Gasteiger partial charge is 0.476 e. The van der Waals surface area contributed by atoms with Gasteiger partial charge in [0.05, 0.1) is 10.7 Å². The third-order valence-corrected chi connectivity index (χ3v) is 3.36. The quantitative estimate of drug-likeness (QED) is 0.865. The Balaban J connectivity index is 1.96. The fourth-order valence-electron chi connectivity index (χ4n) is 1.54. The van der Waals surface area contributed by atoms with E-state index < -0.39 is 5.97 Å². The SMILES string of the molecule is Cc1csc(CCNc2cccnc2C(=O)O)n1. The van der Waals surface area contributed by atoms with Gasteiger partial charge in [-0.3, -0.25) is 0 Å². The molecule has 2 rings (SSSR count). The summed E-state index contributed by atoms with van der Waals surface area (Å²) in [5.74, 6) is -1.02. The van der Waals surface area contributed by atoms with Crippen LogP contribution in [0.5, 0.6) is 0 Å². The zero-order valence-electron chi connectivity index (χ0n) is 9.88. The molecule has 2 heterocycles. The fraction of sp³-hybridized carbons (Fsp3) is 0.250. The molecule has 0 aliphatic carbocycles. The second-order valence-corrected chi connectivity index (χ2v) is 4.71. The highest BCUT2D eigenvalue weighted by atomic mass is 32.1. The average molecular weight is 263 g/mol. The highest BCUT2D eigenvalue weighted by Crippen LogP contribution is 2.13. The number of nitrogens with one attached hydrogen (secondary N) is 1. The number of anilines is 1. The number of carboxylic acid groups (broad SMARTS) is 1. The van der Waals surface area contributed by atoms with E-state index in [1.165, 1.54) is 6.20 Å². The number of nitrogens with zero attached hydrogens (tertiary/aromatic N) is 2. The Hall–Kier alpha value is -1.95. The van der Waals surface area contributed by atoms with Gasteiger partial charge in [0.2, 0.25) is 0 Å². The number of carboxylic acids is 1. The Morgan fingerprint density at radius 2 is 2.39 bits per heavy atom. The molecule has 0 aromatic carbocycles. The first-order valence-corrected chi connectivity index (χ1v) is 6.38. The summed E-state index contributed by atoms with van der Waals surface area (Å²) >= 11 is 1.61. The van der Waals surface area contributed by atoms with Crippen molar-refractivity contribution in [2.75, 3.05) is 11.9 Å². The summed E-state index contributed by atoms with van der Waals surface area (Å²) in [4.78, 5) is 19.1. The van der Waals surface area contributed by atoms with E-state index in [1.807, 2.05) is 12.3 Å². The van der Waals surface area contributed by atoms with Gasteiger partial charge < -0.3 is 10.4 Å². The lowest BCUT2D eigenvalue weighted by Crippen LogP contribution is -2.10. The summed E-state index contributed by atoms with van der Waals surface area (Å²) in [7, 11) is 0. The first kappa shape index (κ1) is 12.5. The minimum absolute atomic E-state index is 0.0489. The minimum Gasteiger partial charge on any atom is -0.476 e. The van der Waals surface area contributed by atoms with Crippen molar-refractivity contribution in [3.63, 3.8) is 0 Å². The van der Waals surface area contributed by atoms with Crippen molar-refractivity contribution < 1.29 is 9.90 Å². The third-order valence-electron chi connectivity index (χ3n) is 2.33. The standard InChI is InChI=1S/C12H13N3O2S/c1-8-7-18-10(15-8)4-6-13-9-3-2-5-14-11(9)12(16)17/h2-3,5,7,13H,4,6H2,1H3,(H,16,17). The summed E-state index contributed by atoms with van der Waals surface area (Å²) in [5, 5.41) is 15.1. The number of pyridine rings is 1. The number of rotatable bonds is 5. The Morgan fingerprint density at radius 3 is 3.06 bits per heavy atom. The number of thiazole rings is 1. The number of aromatic carboxylic acids is 1. The highest BCUT2D eigenvalue weighted by Gasteiger charge is 2.10. The minimum atomic E-state index is -1.02. The number of hydrogen-bond acceptors (Lipinski definition) is 5. The number of hydrogen-bond donors (Lipinski definition) is 2. The molecule has 0 aliphatic rings. The predicted octanol–water partition coefficient (Wildman–Crippen LogP) is 2.20. The number of aromatic nitrogens is 2. The van der Waals surface area contributed by atoms with Crippen LogP contribution in [0.2, 0.25) is 0 Å². The monoisotopic (exact) mass is 263 g/mol. The molecule has 5 nitrogen and oxygen atoms in total. The molecule has 0 amide bonds. The number of aryl methyl sites for hydroxylation is 1. The highest BCUT2D eigenvalue weighted by molar-refractivity contribution is 7.09. The van der Waals surface area contributed by atoms with E-state index in [1.54, 1.807) is 23.5 Å². The summed E-state index contributed by atoms with van der Waals surface area (Å²) in [5.41, 5.74) is 1.61. The molecule has 0 aliphatic heterocycles. The van der Waals surface area contributed by atoms with Crippen molar-refractivity contribution in [2.45, 2.75) is 13.3 Å². The van der Waals surface area contributed by atoms with E-state index in [9.17, 15) is 4.79 Å². The molecule has 0 unspecified atom stereocenters. The molecule has 94 valence electrons. The first-order chi connectivity index (χ1) is 8.66. The van der Waals surface area contributed by atoms with Gasteiger partial charge in [0.25, 0.3) is 0 Å². The zero-order chi connectivity index (χ0) is 13.0. The summed E-state index contributed by atoms with van der Waals surface area (Å²) < 4.78 is 0. The van der Waals surface area contributed by atoms with Crippen molar-refractivity contribution in [2.24, 2.45) is 0 Å². The lowest BCUT2D eigenvalue weighted by atomic mass is 10.3. The fourth-order valence-corrected chi connectivity index (χ4v) is 2.32. The van der Waals surface area contributed by atoms with Gasteiger partial charge in [0, 0.05) is 30.2 Å². The lowest BCUT2D eigenvalue weighted by molar-refractivity contribution is 0.0691. The molecule has 0 saturated carbocycles. The van der Waals surface area contributed by atoms with E-state index in [-0.39, 0.29) is 5.69 Å². The molecular weight excluding hydrogens is 250 g/mol. The molecule has 6 heteroatoms. The molecule has 0 spiro atoms. The van der Waals surface area contributed by atoms with Crippen LogP contribution in [-0.2, 0) is 6.42 Å². The van der Waals surface area contributed by atoms with E-state index in [4.69, 9.17) is 5.11 Å². The summed E-state index contributed by atoms with van der Waals surface area (Å²) in [6.07, 6.45) is 2.24. The number of carbonyl (C=O) groups is 1. The van der Waals surface area contributed by atoms with Crippen molar-refractivity contribution in [1.82, 2.24) is 9.97 Å². The van der Waals surface area contributed by atoms with Crippen molar-refractivity contribution in [3.8, 4) is 0 Å². The Bertz CT molecular complexity index is 554. The van der Waals surface area contributed by atoms with Crippen molar-refractivity contribution in [1.29, 1.82) is 0 Å². The van der Waals surface area contributed by atoms with Crippen LogP contribution in [0.25, 0.3) is 0 Å². The van der Waals surface area contributed by atoms with Crippen LogP contribution < -0.4 is 5.32 Å². The molecule has 2 N–H and O–H groups in total.